The number of hydrogen-bond acceptors (Lipinski definition) is 13. The fourth-order valence-electron chi connectivity index (χ4n) is 3.99. The van der Waals surface area contributed by atoms with Gasteiger partial charge in [-0.05, 0) is 0 Å². The topological polar surface area (TPSA) is 159 Å². The lowest BCUT2D eigenvalue weighted by atomic mass is 10.0. The van der Waals surface area contributed by atoms with Gasteiger partial charge < -0.3 is 37.9 Å². The van der Waals surface area contributed by atoms with Crippen LogP contribution in [0.15, 0.2) is 0 Å². The minimum atomic E-state index is -2.07. The van der Waals surface area contributed by atoms with Crippen LogP contribution >= 0.6 is 34.8 Å². The molecule has 0 saturated carbocycles. The number of rotatable bonds is 10. The first-order valence-electron chi connectivity index (χ1n) is 11.3. The maximum absolute atomic E-state index is 12.0. The van der Waals surface area contributed by atoms with Gasteiger partial charge in [0.05, 0.1) is 11.8 Å². The average molecular weight is 608 g/mol. The van der Waals surface area contributed by atoms with E-state index in [9.17, 15) is 24.0 Å². The molecule has 0 N–H and O–H groups in total. The first-order valence-corrected chi connectivity index (χ1v) is 12.8. The van der Waals surface area contributed by atoms with Crippen LogP contribution in [0.25, 0.3) is 0 Å². The molecule has 0 aromatic heterocycles. The van der Waals surface area contributed by atoms with Crippen molar-refractivity contribution in [3.63, 3.8) is 0 Å². The van der Waals surface area contributed by atoms with Crippen molar-refractivity contribution in [1.82, 2.24) is 0 Å². The molecule has 16 heteroatoms. The van der Waals surface area contributed by atoms with Crippen LogP contribution in [0.5, 0.6) is 0 Å². The maximum atomic E-state index is 12.0. The van der Waals surface area contributed by atoms with E-state index in [0.29, 0.717) is 0 Å². The summed E-state index contributed by atoms with van der Waals surface area (Å²) < 4.78 is 44.3. The lowest BCUT2D eigenvalue weighted by Gasteiger charge is -2.45. The Balaban J connectivity index is 2.55. The number of ether oxygens (including phenoxy) is 8. The molecule has 0 aromatic carbocycles. The molecule has 216 valence electrons. The summed E-state index contributed by atoms with van der Waals surface area (Å²) in [7, 11) is 0. The van der Waals surface area contributed by atoms with Gasteiger partial charge in [0.25, 0.3) is 0 Å². The van der Waals surface area contributed by atoms with Crippen LogP contribution in [0.2, 0.25) is 0 Å². The Bertz CT molecular complexity index is 902. The van der Waals surface area contributed by atoms with E-state index in [1.807, 2.05) is 0 Å². The number of esters is 5. The lowest BCUT2D eigenvalue weighted by Crippen LogP contribution is -2.63. The molecule has 2 aliphatic heterocycles. The fourth-order valence-corrected chi connectivity index (χ4v) is 4.83. The van der Waals surface area contributed by atoms with Crippen molar-refractivity contribution in [2.45, 2.75) is 88.7 Å². The second kappa shape index (κ2) is 13.9. The fraction of sp³-hybridized carbons (Fsp3) is 0.773. The van der Waals surface area contributed by atoms with Gasteiger partial charge in [0.2, 0.25) is 12.1 Å². The third kappa shape index (κ3) is 8.06. The van der Waals surface area contributed by atoms with Crippen LogP contribution in [0.3, 0.4) is 0 Å². The van der Waals surface area contributed by atoms with Gasteiger partial charge in [0, 0.05) is 34.6 Å². The smallest absolute Gasteiger partial charge is 0.303 e. The van der Waals surface area contributed by atoms with Crippen LogP contribution in [0, 0.1) is 0 Å². The van der Waals surface area contributed by atoms with Crippen molar-refractivity contribution in [3.05, 3.63) is 0 Å². The maximum Gasteiger partial charge on any atom is 0.303 e. The Morgan fingerprint density at radius 2 is 1.26 bits per heavy atom. The van der Waals surface area contributed by atoms with Gasteiger partial charge >= 0.3 is 29.8 Å². The molecule has 9 atom stereocenters. The summed E-state index contributed by atoms with van der Waals surface area (Å²) in [6.07, 6.45) is -9.38. The zero-order chi connectivity index (χ0) is 28.8. The molecule has 0 amide bonds. The summed E-state index contributed by atoms with van der Waals surface area (Å²) in [6, 6.07) is 0. The number of carbonyl (C=O) groups excluding carboxylic acids is 5. The van der Waals surface area contributed by atoms with E-state index in [2.05, 4.69) is 0 Å². The minimum Gasteiger partial charge on any atom is -0.463 e. The van der Waals surface area contributed by atoms with Crippen LogP contribution in [0.1, 0.15) is 34.6 Å². The molecule has 2 saturated heterocycles. The van der Waals surface area contributed by atoms with Crippen molar-refractivity contribution in [3.8, 4) is 0 Å². The third-order valence-corrected chi connectivity index (χ3v) is 6.53. The molecule has 0 radical (unpaired) electrons. The van der Waals surface area contributed by atoms with Crippen molar-refractivity contribution < 1.29 is 61.9 Å². The molecule has 2 fully saturated rings. The molecule has 2 aliphatic rings. The second-order valence-electron chi connectivity index (χ2n) is 8.42. The summed E-state index contributed by atoms with van der Waals surface area (Å²) in [5, 5.41) is -1.17. The van der Waals surface area contributed by atoms with E-state index in [1.165, 1.54) is 0 Å². The van der Waals surface area contributed by atoms with Gasteiger partial charge in [0.15, 0.2) is 24.4 Å². The average Bonchev–Trinajstić information content (AvgIpc) is 3.08. The predicted octanol–water partition coefficient (Wildman–Crippen LogP) is 1.20. The minimum absolute atomic E-state index is 0.231. The highest BCUT2D eigenvalue weighted by Gasteiger charge is 2.63. The summed E-state index contributed by atoms with van der Waals surface area (Å²) in [5.74, 6) is -6.59. The molecule has 2 rings (SSSR count). The van der Waals surface area contributed by atoms with Gasteiger partial charge in [-0.1, -0.05) is 0 Å². The van der Waals surface area contributed by atoms with Gasteiger partial charge in [-0.3, -0.25) is 24.0 Å². The van der Waals surface area contributed by atoms with E-state index < -0.39 is 96.4 Å². The van der Waals surface area contributed by atoms with Crippen molar-refractivity contribution in [1.29, 1.82) is 0 Å². The predicted molar refractivity (Wildman–Crippen MR) is 127 cm³/mol. The Labute approximate surface area is 233 Å². The Kier molecular flexibility index (Phi) is 11.9. The van der Waals surface area contributed by atoms with Crippen molar-refractivity contribution >= 4 is 64.6 Å². The highest BCUT2D eigenvalue weighted by Crippen LogP contribution is 2.42. The Morgan fingerprint density at radius 1 is 0.737 bits per heavy atom. The van der Waals surface area contributed by atoms with Gasteiger partial charge in [0.1, 0.15) is 24.2 Å². The summed E-state index contributed by atoms with van der Waals surface area (Å²) in [6.45, 7) is 5.18. The summed E-state index contributed by atoms with van der Waals surface area (Å²) in [4.78, 5) is 59.0. The van der Waals surface area contributed by atoms with Crippen LogP contribution in [-0.2, 0) is 61.9 Å². The van der Waals surface area contributed by atoms with Gasteiger partial charge in [-0.2, -0.15) is 0 Å². The highest BCUT2D eigenvalue weighted by molar-refractivity contribution is 6.21. The Morgan fingerprint density at radius 3 is 1.74 bits per heavy atom. The molecule has 13 nitrogen and oxygen atoms in total. The van der Waals surface area contributed by atoms with E-state index >= 15 is 0 Å². The van der Waals surface area contributed by atoms with Crippen molar-refractivity contribution in [2.75, 3.05) is 18.4 Å². The first-order chi connectivity index (χ1) is 17.7. The molecule has 9 unspecified atom stereocenters. The first kappa shape index (κ1) is 32.3. The number of hydrogen-bond donors (Lipinski definition) is 0. The molecular formula is C22H29Cl3O13. The van der Waals surface area contributed by atoms with Gasteiger partial charge in [-0.15, -0.1) is 34.8 Å². The van der Waals surface area contributed by atoms with Crippen LogP contribution in [0.4, 0.5) is 0 Å². The van der Waals surface area contributed by atoms with Gasteiger partial charge in [-0.25, -0.2) is 0 Å². The highest BCUT2D eigenvalue weighted by atomic mass is 35.5. The quantitative estimate of drug-likeness (QED) is 0.198. The third-order valence-electron chi connectivity index (χ3n) is 5.32. The molecule has 0 bridgehead atoms. The zero-order valence-electron chi connectivity index (χ0n) is 21.2. The second-order valence-corrected chi connectivity index (χ2v) is 9.50. The standard InChI is InChI=1S/C22H29Cl3O13/c1-9(26)31-7-15-16(25)18(33-11(3)28)19(34-12(4)29)21(36-15)38-22(8-24)20(35-13(5)30)17(32-10(2)27)14(6-23)37-22/h14-21H,6-8H2,1-5H3. The van der Waals surface area contributed by atoms with E-state index in [-0.39, 0.29) is 5.88 Å². The van der Waals surface area contributed by atoms with E-state index in [1.54, 1.807) is 0 Å². The van der Waals surface area contributed by atoms with Crippen molar-refractivity contribution in [2.24, 2.45) is 0 Å². The molecule has 0 aromatic rings. The van der Waals surface area contributed by atoms with E-state index in [4.69, 9.17) is 72.7 Å². The summed E-state index contributed by atoms with van der Waals surface area (Å²) >= 11 is 18.8. The van der Waals surface area contributed by atoms with Crippen LogP contribution in [-0.4, -0.2) is 102 Å². The lowest BCUT2D eigenvalue weighted by molar-refractivity contribution is -0.359. The number of carbonyl (C=O) groups is 5. The molecule has 38 heavy (non-hydrogen) atoms. The summed E-state index contributed by atoms with van der Waals surface area (Å²) in [5.41, 5.74) is 0. The largest absolute Gasteiger partial charge is 0.463 e. The molecule has 0 aliphatic carbocycles. The number of alkyl halides is 3. The SMILES string of the molecule is CC(=O)OCC1OC(OC2(CCl)OC(CCl)C(OC(C)=O)C2OC(C)=O)C(OC(C)=O)C(OC(C)=O)C1Cl. The molecule has 0 spiro atoms. The molecule has 2 heterocycles. The number of halogens is 3. The van der Waals surface area contributed by atoms with E-state index in [0.717, 1.165) is 34.6 Å². The zero-order valence-corrected chi connectivity index (χ0v) is 23.4. The Hall–Kier alpha value is -1.90. The molecular weight excluding hydrogens is 579 g/mol. The normalized spacial score (nSPS) is 34.6. The van der Waals surface area contributed by atoms with Crippen LogP contribution < -0.4 is 0 Å². The monoisotopic (exact) mass is 606 g/mol.